The van der Waals surface area contributed by atoms with Crippen LogP contribution in [0, 0.1) is 0 Å². The normalized spacial score (nSPS) is 15.1. The zero-order valence-corrected chi connectivity index (χ0v) is 16.8. The number of nitrogens with zero attached hydrogens (tertiary/aromatic N) is 5. The predicted octanol–water partition coefficient (Wildman–Crippen LogP) is 3.66. The summed E-state index contributed by atoms with van der Waals surface area (Å²) >= 11 is 1.71. The average molecular weight is 403 g/mol. The lowest BCUT2D eigenvalue weighted by atomic mass is 10.2. The van der Waals surface area contributed by atoms with Gasteiger partial charge in [-0.1, -0.05) is 42.5 Å². The number of fused-ring (bicyclic) bond motifs is 1. The van der Waals surface area contributed by atoms with Crippen LogP contribution in [0.2, 0.25) is 0 Å². The van der Waals surface area contributed by atoms with Gasteiger partial charge >= 0.3 is 0 Å². The number of aromatic nitrogens is 3. The first-order valence-electron chi connectivity index (χ1n) is 9.76. The van der Waals surface area contributed by atoms with Crippen molar-refractivity contribution in [1.29, 1.82) is 0 Å². The van der Waals surface area contributed by atoms with Crippen LogP contribution in [0.3, 0.4) is 0 Å². The summed E-state index contributed by atoms with van der Waals surface area (Å²) in [7, 11) is 0. The molecule has 0 unspecified atom stereocenters. The van der Waals surface area contributed by atoms with Crippen LogP contribution in [0.4, 0.5) is 10.9 Å². The van der Waals surface area contributed by atoms with E-state index in [1.807, 2.05) is 30.3 Å². The second-order valence-corrected chi connectivity index (χ2v) is 8.02. The first kappa shape index (κ1) is 18.0. The van der Waals surface area contributed by atoms with Crippen LogP contribution in [0.5, 0.6) is 0 Å². The molecule has 1 aliphatic heterocycles. The highest BCUT2D eigenvalue weighted by atomic mass is 32.1. The molecule has 7 heteroatoms. The maximum absolute atomic E-state index is 6.13. The number of hydrogen-bond acceptors (Lipinski definition) is 7. The topological polar surface area (TPSA) is 71.2 Å². The molecule has 6 nitrogen and oxygen atoms in total. The third kappa shape index (κ3) is 3.79. The summed E-state index contributed by atoms with van der Waals surface area (Å²) in [4.78, 5) is 18.8. The summed E-state index contributed by atoms with van der Waals surface area (Å²) in [5.41, 5.74) is 9.25. The van der Waals surface area contributed by atoms with Crippen molar-refractivity contribution in [2.45, 2.75) is 6.54 Å². The molecule has 0 saturated carbocycles. The molecule has 2 aromatic heterocycles. The fraction of sp³-hybridized carbons (Fsp3) is 0.227. The van der Waals surface area contributed by atoms with Crippen LogP contribution in [0.15, 0.2) is 60.0 Å². The molecule has 29 heavy (non-hydrogen) atoms. The minimum absolute atomic E-state index is 0.556. The van der Waals surface area contributed by atoms with Crippen molar-refractivity contribution in [3.63, 3.8) is 0 Å². The SMILES string of the molecule is Nc1nc(CN2CCN(c3nc(-c4ccccc4)cs3)CC2)nc2ccccc12. The van der Waals surface area contributed by atoms with Crippen molar-refractivity contribution >= 4 is 33.2 Å². The average Bonchev–Trinajstić information content (AvgIpc) is 3.25. The van der Waals surface area contributed by atoms with Gasteiger partial charge in [0.2, 0.25) is 0 Å². The number of nitrogens with two attached hydrogens (primary N) is 1. The Morgan fingerprint density at radius 2 is 1.62 bits per heavy atom. The van der Waals surface area contributed by atoms with Crippen molar-refractivity contribution in [1.82, 2.24) is 19.9 Å². The molecule has 0 amide bonds. The lowest BCUT2D eigenvalue weighted by Crippen LogP contribution is -2.46. The largest absolute Gasteiger partial charge is 0.383 e. The Balaban J connectivity index is 1.24. The number of piperazine rings is 1. The molecule has 4 aromatic rings. The molecular formula is C22H22N6S. The molecule has 0 atom stereocenters. The van der Waals surface area contributed by atoms with Gasteiger partial charge in [-0.15, -0.1) is 11.3 Å². The first-order valence-corrected chi connectivity index (χ1v) is 10.6. The van der Waals surface area contributed by atoms with E-state index in [2.05, 4.69) is 49.4 Å². The smallest absolute Gasteiger partial charge is 0.185 e. The molecular weight excluding hydrogens is 380 g/mol. The molecule has 5 rings (SSSR count). The van der Waals surface area contributed by atoms with Gasteiger partial charge in [0.25, 0.3) is 0 Å². The Kier molecular flexibility index (Phi) is 4.83. The Bertz CT molecular complexity index is 1120. The Morgan fingerprint density at radius 1 is 0.862 bits per heavy atom. The third-order valence-corrected chi connectivity index (χ3v) is 6.15. The Labute approximate surface area is 173 Å². The maximum Gasteiger partial charge on any atom is 0.185 e. The number of hydrogen-bond donors (Lipinski definition) is 1. The zero-order chi connectivity index (χ0) is 19.6. The molecule has 3 heterocycles. The third-order valence-electron chi connectivity index (χ3n) is 5.25. The van der Waals surface area contributed by atoms with Crippen molar-refractivity contribution in [3.8, 4) is 11.3 Å². The molecule has 2 aromatic carbocycles. The molecule has 1 aliphatic rings. The summed E-state index contributed by atoms with van der Waals surface area (Å²) in [6, 6.07) is 18.2. The van der Waals surface area contributed by atoms with Gasteiger partial charge in [0.05, 0.1) is 17.8 Å². The van der Waals surface area contributed by atoms with E-state index in [0.29, 0.717) is 5.82 Å². The quantitative estimate of drug-likeness (QED) is 0.562. The van der Waals surface area contributed by atoms with Crippen LogP contribution < -0.4 is 10.6 Å². The molecule has 0 bridgehead atoms. The molecule has 0 radical (unpaired) electrons. The number of thiazole rings is 1. The number of para-hydroxylation sites is 1. The first-order chi connectivity index (χ1) is 14.3. The molecule has 146 valence electrons. The maximum atomic E-state index is 6.13. The summed E-state index contributed by atoms with van der Waals surface area (Å²) in [5, 5.41) is 4.15. The van der Waals surface area contributed by atoms with Gasteiger partial charge in [-0.05, 0) is 12.1 Å². The van der Waals surface area contributed by atoms with Crippen LogP contribution in [0.25, 0.3) is 22.2 Å². The van der Waals surface area contributed by atoms with E-state index in [-0.39, 0.29) is 0 Å². The van der Waals surface area contributed by atoms with E-state index in [0.717, 1.165) is 60.3 Å². The molecule has 0 spiro atoms. The van der Waals surface area contributed by atoms with E-state index in [4.69, 9.17) is 10.7 Å². The second-order valence-electron chi connectivity index (χ2n) is 7.19. The number of anilines is 2. The lowest BCUT2D eigenvalue weighted by Gasteiger charge is -2.34. The van der Waals surface area contributed by atoms with Gasteiger partial charge in [0, 0.05) is 42.5 Å². The van der Waals surface area contributed by atoms with Crippen LogP contribution >= 0.6 is 11.3 Å². The molecule has 2 N–H and O–H groups in total. The van der Waals surface area contributed by atoms with Gasteiger partial charge in [-0.25, -0.2) is 15.0 Å². The van der Waals surface area contributed by atoms with Gasteiger partial charge in [-0.3, -0.25) is 4.90 Å². The van der Waals surface area contributed by atoms with Gasteiger partial charge in [0.1, 0.15) is 11.6 Å². The van der Waals surface area contributed by atoms with E-state index in [1.165, 1.54) is 5.56 Å². The van der Waals surface area contributed by atoms with E-state index in [1.54, 1.807) is 11.3 Å². The van der Waals surface area contributed by atoms with Crippen LogP contribution in [-0.2, 0) is 6.54 Å². The minimum atomic E-state index is 0.556. The van der Waals surface area contributed by atoms with E-state index < -0.39 is 0 Å². The molecule has 1 fully saturated rings. The highest BCUT2D eigenvalue weighted by Gasteiger charge is 2.21. The highest BCUT2D eigenvalue weighted by molar-refractivity contribution is 7.14. The van der Waals surface area contributed by atoms with Crippen molar-refractivity contribution in [3.05, 3.63) is 65.8 Å². The second kappa shape index (κ2) is 7.77. The predicted molar refractivity (Wildman–Crippen MR) is 119 cm³/mol. The van der Waals surface area contributed by atoms with Gasteiger partial charge in [-0.2, -0.15) is 0 Å². The van der Waals surface area contributed by atoms with Gasteiger partial charge < -0.3 is 10.6 Å². The summed E-state index contributed by atoms with van der Waals surface area (Å²) in [6.07, 6.45) is 0. The number of benzene rings is 2. The minimum Gasteiger partial charge on any atom is -0.383 e. The monoisotopic (exact) mass is 402 g/mol. The Hall–Kier alpha value is -3.03. The van der Waals surface area contributed by atoms with Gasteiger partial charge in [0.15, 0.2) is 5.13 Å². The summed E-state index contributed by atoms with van der Waals surface area (Å²) in [5.74, 6) is 1.34. The van der Waals surface area contributed by atoms with Crippen molar-refractivity contribution in [2.24, 2.45) is 0 Å². The molecule has 0 aliphatic carbocycles. The van der Waals surface area contributed by atoms with E-state index >= 15 is 0 Å². The highest BCUT2D eigenvalue weighted by Crippen LogP contribution is 2.28. The van der Waals surface area contributed by atoms with Crippen LogP contribution in [0.1, 0.15) is 5.82 Å². The summed E-state index contributed by atoms with van der Waals surface area (Å²) < 4.78 is 0. The van der Waals surface area contributed by atoms with Crippen LogP contribution in [-0.4, -0.2) is 46.0 Å². The fourth-order valence-electron chi connectivity index (χ4n) is 3.67. The number of nitrogen functional groups attached to an aromatic ring is 1. The number of rotatable bonds is 4. The standard InChI is InChI=1S/C22H22N6S/c23-21-17-8-4-5-9-18(17)24-20(26-21)14-27-10-12-28(13-11-27)22-25-19(15-29-22)16-6-2-1-3-7-16/h1-9,15H,10-14H2,(H2,23,24,26). The Morgan fingerprint density at radius 3 is 2.45 bits per heavy atom. The molecule has 1 saturated heterocycles. The van der Waals surface area contributed by atoms with Crippen molar-refractivity contribution < 1.29 is 0 Å². The zero-order valence-electron chi connectivity index (χ0n) is 16.0. The lowest BCUT2D eigenvalue weighted by molar-refractivity contribution is 0.244. The van der Waals surface area contributed by atoms with E-state index in [9.17, 15) is 0 Å². The summed E-state index contributed by atoms with van der Waals surface area (Å²) in [6.45, 7) is 4.53. The van der Waals surface area contributed by atoms with Crippen molar-refractivity contribution in [2.75, 3.05) is 36.8 Å². The fourth-order valence-corrected chi connectivity index (χ4v) is 4.56.